The largest absolute Gasteiger partial charge is 0.398 e. The Balaban J connectivity index is 2.58. The van der Waals surface area contributed by atoms with Crippen LogP contribution in [0.5, 0.6) is 0 Å². The lowest BCUT2D eigenvalue weighted by Crippen LogP contribution is -1.92. The molecule has 1 nitrogen and oxygen atoms in total. The fraction of sp³-hybridized carbons (Fsp3) is 0.167. The van der Waals surface area contributed by atoms with Crippen molar-refractivity contribution in [1.29, 1.82) is 0 Å². The molecule has 1 aromatic carbocycles. The second-order valence-corrected chi connectivity index (χ2v) is 4.89. The van der Waals surface area contributed by atoms with Crippen molar-refractivity contribution in [1.82, 2.24) is 0 Å². The average molecular weight is 221 g/mol. The van der Waals surface area contributed by atoms with Crippen LogP contribution in [-0.2, 0) is 0 Å². The monoisotopic (exact) mass is 221 g/mol. The summed E-state index contributed by atoms with van der Waals surface area (Å²) >= 11 is 1.57. The Hall–Kier alpha value is -1.35. The first kappa shape index (κ1) is 10.2. The molecule has 0 saturated carbocycles. The van der Waals surface area contributed by atoms with Gasteiger partial charge in [-0.2, -0.15) is 0 Å². The maximum Gasteiger partial charge on any atom is 0.132 e. The van der Waals surface area contributed by atoms with E-state index in [9.17, 15) is 4.39 Å². The molecule has 0 radical (unpaired) electrons. The van der Waals surface area contributed by atoms with Crippen LogP contribution in [-0.4, -0.2) is 0 Å². The topological polar surface area (TPSA) is 26.0 Å². The van der Waals surface area contributed by atoms with Gasteiger partial charge in [0.1, 0.15) is 5.82 Å². The van der Waals surface area contributed by atoms with Gasteiger partial charge in [0.15, 0.2) is 0 Å². The lowest BCUT2D eigenvalue weighted by molar-refractivity contribution is 0.631. The summed E-state index contributed by atoms with van der Waals surface area (Å²) in [5.74, 6) is -0.205. The molecule has 0 fully saturated rings. The predicted octanol–water partition coefficient (Wildman–Crippen LogP) is 3.75. The molecule has 0 spiro atoms. The lowest BCUT2D eigenvalue weighted by atomic mass is 10.1. The standard InChI is InChI=1S/C12H12FNS/c1-7-5-10(13)9(6-11(7)14)12-4-3-8(2)15-12/h3-6H,14H2,1-2H3. The third kappa shape index (κ3) is 1.88. The lowest BCUT2D eigenvalue weighted by Gasteiger charge is -2.05. The highest BCUT2D eigenvalue weighted by atomic mass is 32.1. The molecular weight excluding hydrogens is 209 g/mol. The number of rotatable bonds is 1. The molecular formula is C12H12FNS. The summed E-state index contributed by atoms with van der Waals surface area (Å²) in [6, 6.07) is 7.10. The Morgan fingerprint density at radius 3 is 2.53 bits per heavy atom. The first-order chi connectivity index (χ1) is 7.08. The van der Waals surface area contributed by atoms with Crippen molar-refractivity contribution >= 4 is 17.0 Å². The molecule has 78 valence electrons. The first-order valence-corrected chi connectivity index (χ1v) is 5.52. The summed E-state index contributed by atoms with van der Waals surface area (Å²) in [6.07, 6.45) is 0. The van der Waals surface area contributed by atoms with Crippen LogP contribution in [0.1, 0.15) is 10.4 Å². The molecule has 0 aliphatic rings. The van der Waals surface area contributed by atoms with E-state index in [4.69, 9.17) is 5.73 Å². The average Bonchev–Trinajstić information content (AvgIpc) is 2.58. The molecule has 1 aromatic heterocycles. The minimum absolute atomic E-state index is 0.205. The third-order valence-corrected chi connectivity index (χ3v) is 3.40. The number of benzene rings is 1. The molecule has 0 aliphatic heterocycles. The first-order valence-electron chi connectivity index (χ1n) is 4.70. The molecule has 3 heteroatoms. The fourth-order valence-electron chi connectivity index (χ4n) is 1.46. The van der Waals surface area contributed by atoms with Gasteiger partial charge in [0.25, 0.3) is 0 Å². The second-order valence-electron chi connectivity index (χ2n) is 3.60. The molecule has 2 rings (SSSR count). The quantitative estimate of drug-likeness (QED) is 0.729. The van der Waals surface area contributed by atoms with Gasteiger partial charge >= 0.3 is 0 Å². The Morgan fingerprint density at radius 1 is 1.20 bits per heavy atom. The molecule has 0 amide bonds. The van der Waals surface area contributed by atoms with Gasteiger partial charge in [0.2, 0.25) is 0 Å². The Labute approximate surface area is 92.4 Å². The van der Waals surface area contributed by atoms with E-state index < -0.39 is 0 Å². The van der Waals surface area contributed by atoms with Crippen LogP contribution < -0.4 is 5.73 Å². The van der Waals surface area contributed by atoms with Crippen LogP contribution in [0.3, 0.4) is 0 Å². The molecule has 0 aliphatic carbocycles. The van der Waals surface area contributed by atoms with Gasteiger partial charge in [-0.25, -0.2) is 4.39 Å². The zero-order valence-electron chi connectivity index (χ0n) is 8.67. The highest BCUT2D eigenvalue weighted by molar-refractivity contribution is 7.15. The van der Waals surface area contributed by atoms with Crippen molar-refractivity contribution in [2.45, 2.75) is 13.8 Å². The number of thiophene rings is 1. The smallest absolute Gasteiger partial charge is 0.132 e. The van der Waals surface area contributed by atoms with E-state index in [1.807, 2.05) is 26.0 Å². The van der Waals surface area contributed by atoms with Gasteiger partial charge in [-0.05, 0) is 43.7 Å². The minimum Gasteiger partial charge on any atom is -0.398 e. The van der Waals surface area contributed by atoms with E-state index in [2.05, 4.69) is 0 Å². The summed E-state index contributed by atoms with van der Waals surface area (Å²) in [5, 5.41) is 0. The molecule has 0 atom stereocenters. The minimum atomic E-state index is -0.205. The van der Waals surface area contributed by atoms with Crippen LogP contribution in [0, 0.1) is 19.7 Å². The fourth-order valence-corrected chi connectivity index (χ4v) is 2.34. The maximum absolute atomic E-state index is 13.7. The number of hydrogen-bond donors (Lipinski definition) is 1. The van der Waals surface area contributed by atoms with Crippen molar-refractivity contribution in [2.75, 3.05) is 5.73 Å². The van der Waals surface area contributed by atoms with Crippen LogP contribution in [0.4, 0.5) is 10.1 Å². The number of hydrogen-bond acceptors (Lipinski definition) is 2. The van der Waals surface area contributed by atoms with E-state index in [1.54, 1.807) is 17.4 Å². The summed E-state index contributed by atoms with van der Waals surface area (Å²) < 4.78 is 13.7. The molecule has 0 saturated heterocycles. The number of aryl methyl sites for hydroxylation is 2. The number of halogens is 1. The Morgan fingerprint density at radius 2 is 1.93 bits per heavy atom. The van der Waals surface area contributed by atoms with Gasteiger partial charge in [0, 0.05) is 21.0 Å². The van der Waals surface area contributed by atoms with Gasteiger partial charge in [-0.1, -0.05) is 0 Å². The van der Waals surface area contributed by atoms with Gasteiger partial charge < -0.3 is 5.73 Å². The SMILES string of the molecule is Cc1ccc(-c2cc(N)c(C)cc2F)s1. The number of nitrogen functional groups attached to an aromatic ring is 1. The molecule has 1 heterocycles. The van der Waals surface area contributed by atoms with Crippen molar-refractivity contribution in [3.63, 3.8) is 0 Å². The zero-order valence-corrected chi connectivity index (χ0v) is 9.49. The summed E-state index contributed by atoms with van der Waals surface area (Å²) in [6.45, 7) is 3.81. The van der Waals surface area contributed by atoms with E-state index >= 15 is 0 Å². The molecule has 2 N–H and O–H groups in total. The molecule has 15 heavy (non-hydrogen) atoms. The molecule has 0 bridgehead atoms. The maximum atomic E-state index is 13.7. The van der Waals surface area contributed by atoms with E-state index in [1.165, 1.54) is 10.9 Å². The second kappa shape index (κ2) is 3.66. The summed E-state index contributed by atoms with van der Waals surface area (Å²) in [7, 11) is 0. The zero-order chi connectivity index (χ0) is 11.0. The highest BCUT2D eigenvalue weighted by Gasteiger charge is 2.09. The highest BCUT2D eigenvalue weighted by Crippen LogP contribution is 2.32. The predicted molar refractivity (Wildman–Crippen MR) is 63.6 cm³/mol. The number of nitrogens with two attached hydrogens (primary N) is 1. The third-order valence-electron chi connectivity index (χ3n) is 2.36. The van der Waals surface area contributed by atoms with Crippen molar-refractivity contribution in [2.24, 2.45) is 0 Å². The summed E-state index contributed by atoms with van der Waals surface area (Å²) in [4.78, 5) is 2.10. The van der Waals surface area contributed by atoms with Crippen molar-refractivity contribution in [3.8, 4) is 10.4 Å². The van der Waals surface area contributed by atoms with E-state index in [0.29, 0.717) is 11.3 Å². The molecule has 0 unspecified atom stereocenters. The summed E-state index contributed by atoms with van der Waals surface area (Å²) in [5.41, 5.74) is 7.78. The van der Waals surface area contributed by atoms with Crippen LogP contribution >= 0.6 is 11.3 Å². The molecule has 2 aromatic rings. The van der Waals surface area contributed by atoms with Crippen molar-refractivity contribution in [3.05, 3.63) is 40.5 Å². The Bertz CT molecular complexity index is 502. The van der Waals surface area contributed by atoms with Crippen molar-refractivity contribution < 1.29 is 4.39 Å². The van der Waals surface area contributed by atoms with Crippen LogP contribution in [0.2, 0.25) is 0 Å². The van der Waals surface area contributed by atoms with Crippen LogP contribution in [0.25, 0.3) is 10.4 Å². The van der Waals surface area contributed by atoms with Gasteiger partial charge in [-0.15, -0.1) is 11.3 Å². The number of anilines is 1. The van der Waals surface area contributed by atoms with Crippen LogP contribution in [0.15, 0.2) is 24.3 Å². The van der Waals surface area contributed by atoms with E-state index in [0.717, 1.165) is 10.4 Å². The van der Waals surface area contributed by atoms with Gasteiger partial charge in [0.05, 0.1) is 0 Å². The Kier molecular flexibility index (Phi) is 2.49. The van der Waals surface area contributed by atoms with E-state index in [-0.39, 0.29) is 5.82 Å². The normalized spacial score (nSPS) is 10.6. The van der Waals surface area contributed by atoms with Gasteiger partial charge in [-0.3, -0.25) is 0 Å².